The molecule has 2 atom stereocenters. The third-order valence-electron chi connectivity index (χ3n) is 3.92. The molecule has 2 aliphatic rings. The Morgan fingerprint density at radius 2 is 2.44 bits per heavy atom. The van der Waals surface area contributed by atoms with Gasteiger partial charge in [-0.2, -0.15) is 16.7 Å². The summed E-state index contributed by atoms with van der Waals surface area (Å²) < 4.78 is 5.57. The molecule has 2 aliphatic heterocycles. The monoisotopic (exact) mass is 285 g/mol. The van der Waals surface area contributed by atoms with Gasteiger partial charge in [0.1, 0.15) is 0 Å². The summed E-state index contributed by atoms with van der Waals surface area (Å²) >= 11 is 3.95. The summed E-state index contributed by atoms with van der Waals surface area (Å²) in [6.45, 7) is 4.24. The summed E-state index contributed by atoms with van der Waals surface area (Å²) in [5.74, 6) is 5.30. The fourth-order valence-electron chi connectivity index (χ4n) is 2.60. The first-order valence-electron chi connectivity index (χ1n) is 6.58. The van der Waals surface area contributed by atoms with Gasteiger partial charge in [-0.25, -0.2) is 0 Å². The molecule has 18 heavy (non-hydrogen) atoms. The van der Waals surface area contributed by atoms with Gasteiger partial charge in [-0.3, -0.25) is 0 Å². The number of thioether (sulfide) groups is 2. The zero-order chi connectivity index (χ0) is 12.4. The van der Waals surface area contributed by atoms with Gasteiger partial charge in [-0.1, -0.05) is 12.1 Å². The van der Waals surface area contributed by atoms with Crippen LogP contribution in [-0.4, -0.2) is 40.5 Å². The van der Waals surface area contributed by atoms with Gasteiger partial charge in [-0.05, 0) is 19.4 Å². The molecule has 4 nitrogen and oxygen atoms in total. The second-order valence-corrected chi connectivity index (χ2v) is 7.41. The lowest BCUT2D eigenvalue weighted by Gasteiger charge is -2.21. The fourth-order valence-corrected chi connectivity index (χ4v) is 5.19. The van der Waals surface area contributed by atoms with E-state index in [4.69, 9.17) is 9.51 Å². The van der Waals surface area contributed by atoms with Crippen LogP contribution < -0.4 is 5.32 Å². The first kappa shape index (κ1) is 12.8. The normalized spacial score (nSPS) is 32.8. The van der Waals surface area contributed by atoms with Crippen LogP contribution in [0.15, 0.2) is 4.52 Å². The van der Waals surface area contributed by atoms with Crippen LogP contribution in [0.1, 0.15) is 36.7 Å². The van der Waals surface area contributed by atoms with E-state index < -0.39 is 0 Å². The van der Waals surface area contributed by atoms with Gasteiger partial charge in [0.05, 0.1) is 10.7 Å². The van der Waals surface area contributed by atoms with Crippen molar-refractivity contribution < 1.29 is 4.52 Å². The minimum atomic E-state index is 0.0811. The summed E-state index contributed by atoms with van der Waals surface area (Å²) in [5, 5.41) is 8.06. The van der Waals surface area contributed by atoms with Gasteiger partial charge < -0.3 is 9.84 Å². The van der Waals surface area contributed by atoms with Crippen LogP contribution in [0.2, 0.25) is 0 Å². The molecule has 2 unspecified atom stereocenters. The lowest BCUT2D eigenvalue weighted by Crippen LogP contribution is -2.28. The highest BCUT2D eigenvalue weighted by Gasteiger charge is 2.39. The molecule has 0 aromatic carbocycles. The Bertz CT molecular complexity index is 398. The molecule has 3 heterocycles. The van der Waals surface area contributed by atoms with Crippen LogP contribution in [0.3, 0.4) is 0 Å². The number of nitrogens with one attached hydrogen (secondary N) is 1. The van der Waals surface area contributed by atoms with Gasteiger partial charge in [0, 0.05) is 23.8 Å². The number of hydrogen-bond acceptors (Lipinski definition) is 6. The van der Waals surface area contributed by atoms with E-state index in [1.807, 2.05) is 23.5 Å². The molecule has 0 amide bonds. The number of rotatable bonds is 3. The van der Waals surface area contributed by atoms with Crippen LogP contribution in [0.4, 0.5) is 0 Å². The Hall–Kier alpha value is -0.200. The molecule has 1 aromatic heterocycles. The summed E-state index contributed by atoms with van der Waals surface area (Å²) in [7, 11) is 0. The molecule has 6 heteroatoms. The van der Waals surface area contributed by atoms with Crippen molar-refractivity contribution in [2.45, 2.75) is 30.4 Å². The predicted molar refractivity (Wildman–Crippen MR) is 76.3 cm³/mol. The van der Waals surface area contributed by atoms with E-state index in [-0.39, 0.29) is 5.41 Å². The van der Waals surface area contributed by atoms with Crippen molar-refractivity contribution in [1.82, 2.24) is 15.5 Å². The van der Waals surface area contributed by atoms with Crippen molar-refractivity contribution in [3.8, 4) is 0 Å². The van der Waals surface area contributed by atoms with Crippen molar-refractivity contribution >= 4 is 23.5 Å². The molecule has 100 valence electrons. The first-order valence-corrected chi connectivity index (χ1v) is 8.78. The molecule has 2 saturated heterocycles. The lowest BCUT2D eigenvalue weighted by atomic mass is 9.84. The molecule has 1 aromatic rings. The molecule has 0 spiro atoms. The topological polar surface area (TPSA) is 51.0 Å². The minimum Gasteiger partial charge on any atom is -0.339 e. The van der Waals surface area contributed by atoms with Gasteiger partial charge in [-0.15, -0.1) is 11.8 Å². The van der Waals surface area contributed by atoms with E-state index in [0.29, 0.717) is 5.25 Å². The summed E-state index contributed by atoms with van der Waals surface area (Å²) in [6.07, 6.45) is 2.17. The summed E-state index contributed by atoms with van der Waals surface area (Å²) in [5.41, 5.74) is 0.0811. The second-order valence-electron chi connectivity index (χ2n) is 4.95. The van der Waals surface area contributed by atoms with Crippen LogP contribution in [-0.2, 0) is 5.41 Å². The Morgan fingerprint density at radius 3 is 3.11 bits per heavy atom. The largest absolute Gasteiger partial charge is 0.339 e. The highest BCUT2D eigenvalue weighted by Crippen LogP contribution is 2.38. The van der Waals surface area contributed by atoms with Gasteiger partial charge in [0.15, 0.2) is 5.82 Å². The van der Waals surface area contributed by atoms with Crippen molar-refractivity contribution in [2.24, 2.45) is 0 Å². The maximum atomic E-state index is 5.57. The Morgan fingerprint density at radius 1 is 1.50 bits per heavy atom. The highest BCUT2D eigenvalue weighted by molar-refractivity contribution is 8.06. The predicted octanol–water partition coefficient (Wildman–Crippen LogP) is 2.23. The molecule has 2 fully saturated rings. The molecule has 0 aliphatic carbocycles. The molecule has 3 rings (SSSR count). The molecular formula is C12H19N3OS2. The third kappa shape index (κ3) is 2.30. The second kappa shape index (κ2) is 5.43. The van der Waals surface area contributed by atoms with E-state index in [0.717, 1.165) is 43.4 Å². The average molecular weight is 285 g/mol. The molecule has 0 bridgehead atoms. The Balaban J connectivity index is 1.79. The quantitative estimate of drug-likeness (QED) is 0.919. The number of aromatic nitrogens is 2. The minimum absolute atomic E-state index is 0.0811. The van der Waals surface area contributed by atoms with Crippen molar-refractivity contribution in [2.75, 3.05) is 30.3 Å². The highest BCUT2D eigenvalue weighted by atomic mass is 32.2. The summed E-state index contributed by atoms with van der Waals surface area (Å²) in [6, 6.07) is 0. The zero-order valence-corrected chi connectivity index (χ0v) is 12.3. The lowest BCUT2D eigenvalue weighted by molar-refractivity contribution is 0.283. The Kier molecular flexibility index (Phi) is 3.86. The van der Waals surface area contributed by atoms with Crippen LogP contribution >= 0.6 is 23.5 Å². The Labute approximate surface area is 116 Å². The van der Waals surface area contributed by atoms with Gasteiger partial charge >= 0.3 is 0 Å². The van der Waals surface area contributed by atoms with Crippen molar-refractivity contribution in [3.05, 3.63) is 11.7 Å². The van der Waals surface area contributed by atoms with Crippen LogP contribution in [0.5, 0.6) is 0 Å². The average Bonchev–Trinajstić information content (AvgIpc) is 3.09. The third-order valence-corrected chi connectivity index (χ3v) is 6.67. The summed E-state index contributed by atoms with van der Waals surface area (Å²) in [4.78, 5) is 4.71. The van der Waals surface area contributed by atoms with Crippen LogP contribution in [0.25, 0.3) is 0 Å². The SMILES string of the molecule is CCC1(c2nc(C3CSCCS3)no2)CCNC1. The van der Waals surface area contributed by atoms with E-state index in [2.05, 4.69) is 17.4 Å². The van der Waals surface area contributed by atoms with Gasteiger partial charge in [0.2, 0.25) is 5.89 Å². The maximum Gasteiger partial charge on any atom is 0.234 e. The molecule has 1 N–H and O–H groups in total. The van der Waals surface area contributed by atoms with E-state index in [1.165, 1.54) is 11.5 Å². The first-order chi connectivity index (χ1) is 8.84. The van der Waals surface area contributed by atoms with Gasteiger partial charge in [0.25, 0.3) is 0 Å². The molecular weight excluding hydrogens is 266 g/mol. The van der Waals surface area contributed by atoms with E-state index in [1.54, 1.807) is 0 Å². The molecule has 0 radical (unpaired) electrons. The van der Waals surface area contributed by atoms with E-state index >= 15 is 0 Å². The van der Waals surface area contributed by atoms with E-state index in [9.17, 15) is 0 Å². The van der Waals surface area contributed by atoms with Crippen LogP contribution in [0, 0.1) is 0 Å². The van der Waals surface area contributed by atoms with Crippen molar-refractivity contribution in [3.63, 3.8) is 0 Å². The molecule has 0 saturated carbocycles. The number of nitrogens with zero attached hydrogens (tertiary/aromatic N) is 2. The standard InChI is InChI=1S/C12H19N3OS2/c1-2-12(3-4-13-8-12)11-14-10(15-16-11)9-7-17-5-6-18-9/h9,13H,2-8H2,1H3. The fraction of sp³-hybridized carbons (Fsp3) is 0.833. The zero-order valence-electron chi connectivity index (χ0n) is 10.6. The number of hydrogen-bond donors (Lipinski definition) is 1. The smallest absolute Gasteiger partial charge is 0.234 e. The van der Waals surface area contributed by atoms with Crippen molar-refractivity contribution in [1.29, 1.82) is 0 Å². The maximum absolute atomic E-state index is 5.57.